The Balaban J connectivity index is 2.27. The van der Waals surface area contributed by atoms with Crippen molar-refractivity contribution in [2.24, 2.45) is 0 Å². The van der Waals surface area contributed by atoms with Crippen LogP contribution in [0.1, 0.15) is 29.1 Å². The summed E-state index contributed by atoms with van der Waals surface area (Å²) < 4.78 is 76.3. The summed E-state index contributed by atoms with van der Waals surface area (Å²) in [6.07, 6.45) is 1.26. The summed E-state index contributed by atoms with van der Waals surface area (Å²) in [4.78, 5) is 0. The molecule has 1 N–H and O–H groups in total. The maximum Gasteiger partial charge on any atom is 0.252 e. The van der Waals surface area contributed by atoms with Crippen LogP contribution >= 0.6 is 11.3 Å². The fourth-order valence-electron chi connectivity index (χ4n) is 2.46. The topological polar surface area (TPSA) is 92.8 Å². The second-order valence-electron chi connectivity index (χ2n) is 5.26. The third-order valence-corrected chi connectivity index (χ3v) is 8.85. The number of hydrogen-bond acceptors (Lipinski definition) is 7. The highest BCUT2D eigenvalue weighted by Gasteiger charge is 2.39. The van der Waals surface area contributed by atoms with Crippen LogP contribution < -0.4 is 5.32 Å². The third kappa shape index (κ3) is 3.94. The number of sulfonamides is 1. The normalized spacial score (nSPS) is 23.7. The summed E-state index contributed by atoms with van der Waals surface area (Å²) in [7, 11) is -9.87. The molecule has 0 spiro atoms. The summed E-state index contributed by atoms with van der Waals surface area (Å²) in [5.41, 5.74) is 0.465. The van der Waals surface area contributed by atoms with Crippen molar-refractivity contribution < 1.29 is 25.7 Å². The number of nitrogens with zero attached hydrogens (tertiary/aromatic N) is 1. The minimum Gasteiger partial charge on any atom is -0.385 e. The van der Waals surface area contributed by atoms with Crippen LogP contribution in [0.2, 0.25) is 0 Å². The van der Waals surface area contributed by atoms with E-state index < -0.39 is 26.9 Å². The highest BCUT2D eigenvalue weighted by atomic mass is 32.3. The van der Waals surface area contributed by atoms with Gasteiger partial charge in [0.15, 0.2) is 9.84 Å². The highest BCUT2D eigenvalue weighted by Crippen LogP contribution is 2.40. The molecule has 0 aromatic carbocycles. The Morgan fingerprint density at radius 2 is 2.30 bits per heavy atom. The van der Waals surface area contributed by atoms with Crippen molar-refractivity contribution in [3.05, 3.63) is 11.6 Å². The van der Waals surface area contributed by atoms with Gasteiger partial charge in [-0.05, 0) is 19.0 Å². The first kappa shape index (κ1) is 14.8. The zero-order chi connectivity index (χ0) is 19.8. The van der Waals surface area contributed by atoms with E-state index in [0.29, 0.717) is 12.1 Å². The van der Waals surface area contributed by atoms with Gasteiger partial charge in [-0.25, -0.2) is 16.8 Å². The van der Waals surface area contributed by atoms with Gasteiger partial charge in [0.25, 0.3) is 10.0 Å². The summed E-state index contributed by atoms with van der Waals surface area (Å²) in [6.45, 7) is 2.61. The number of likely N-dealkylation sites (N-methyl/N-ethyl adjacent to an activating group) is 1. The first-order valence-electron chi connectivity index (χ1n) is 8.57. The number of nitrogens with one attached hydrogen (secondary N) is 1. The fraction of sp³-hybridized carbons (Fsp3) is 0.692. The number of ether oxygens (including phenoxy) is 1. The molecule has 2 heterocycles. The molecule has 23 heavy (non-hydrogen) atoms. The van der Waals surface area contributed by atoms with Crippen molar-refractivity contribution in [2.75, 3.05) is 39.5 Å². The summed E-state index contributed by atoms with van der Waals surface area (Å²) >= 11 is 0.747. The second kappa shape index (κ2) is 7.16. The van der Waals surface area contributed by atoms with Gasteiger partial charge >= 0.3 is 0 Å². The molecule has 0 saturated carbocycles. The predicted octanol–water partition coefficient (Wildman–Crippen LogP) is 0.843. The van der Waals surface area contributed by atoms with Crippen molar-refractivity contribution in [3.63, 3.8) is 0 Å². The molecule has 2 rings (SSSR count). The van der Waals surface area contributed by atoms with Crippen LogP contribution in [0.3, 0.4) is 0 Å². The lowest BCUT2D eigenvalue weighted by molar-refractivity contribution is 0.185. The quantitative estimate of drug-likeness (QED) is 0.699. The zero-order valence-electron chi connectivity index (χ0n) is 15.9. The number of sulfone groups is 1. The van der Waals surface area contributed by atoms with Crippen LogP contribution in [0.5, 0.6) is 0 Å². The Morgan fingerprint density at radius 1 is 1.57 bits per heavy atom. The molecule has 1 aromatic rings. The van der Waals surface area contributed by atoms with E-state index in [1.165, 1.54) is 10.4 Å². The van der Waals surface area contributed by atoms with E-state index in [9.17, 15) is 16.8 Å². The second-order valence-corrected chi connectivity index (χ2v) is 10.7. The van der Waals surface area contributed by atoms with Crippen molar-refractivity contribution in [1.29, 1.82) is 0 Å². The molecule has 0 amide bonds. The first-order valence-corrected chi connectivity index (χ1v) is 11.2. The van der Waals surface area contributed by atoms with Crippen molar-refractivity contribution in [3.8, 4) is 0 Å². The van der Waals surface area contributed by atoms with Gasteiger partial charge in [0.05, 0.1) is 4.11 Å². The van der Waals surface area contributed by atoms with Gasteiger partial charge in [0, 0.05) is 44.6 Å². The molecule has 1 aliphatic rings. The molecule has 0 unspecified atom stereocenters. The Morgan fingerprint density at radius 3 is 2.91 bits per heavy atom. The minimum atomic E-state index is -3.84. The Hall–Kier alpha value is -0.520. The standard InChI is InChI=1S/C13H22N2O5S3/c1-4-14-11-9-15(6-5-7-20-2)23(18,19)13-10(11)8-12(21-13)22(3,16)17/h8,11,14H,4-7,9H2,1-3H3/t11-/m0/s1/i2D3. The largest absolute Gasteiger partial charge is 0.385 e. The SMILES string of the molecule is [2H]C([2H])([2H])OCCCN1C[C@H](NCC)c2cc(S(C)(=O)=O)sc2S1(=O)=O. The molecule has 0 saturated heterocycles. The molecule has 132 valence electrons. The number of hydrogen-bond donors (Lipinski definition) is 1. The van der Waals surface area contributed by atoms with Crippen molar-refractivity contribution >= 4 is 31.2 Å². The average molecular weight is 386 g/mol. The first-order chi connectivity index (χ1) is 11.9. The molecule has 10 heteroatoms. The zero-order valence-corrected chi connectivity index (χ0v) is 15.4. The van der Waals surface area contributed by atoms with E-state index in [1.807, 2.05) is 6.92 Å². The van der Waals surface area contributed by atoms with Gasteiger partial charge in [0.2, 0.25) is 0 Å². The van der Waals surface area contributed by atoms with Crippen LogP contribution in [0.25, 0.3) is 0 Å². The number of fused-ring (bicyclic) bond motifs is 1. The fourth-order valence-corrected chi connectivity index (χ4v) is 6.95. The summed E-state index contributed by atoms with van der Waals surface area (Å²) in [5, 5.41) is 3.17. The average Bonchev–Trinajstić information content (AvgIpc) is 2.93. The van der Waals surface area contributed by atoms with E-state index in [4.69, 9.17) is 4.11 Å². The summed E-state index contributed by atoms with van der Waals surface area (Å²) in [6, 6.07) is 1.10. The third-order valence-electron chi connectivity index (χ3n) is 3.51. The molecular formula is C13H22N2O5S3. The lowest BCUT2D eigenvalue weighted by atomic mass is 10.1. The van der Waals surface area contributed by atoms with Crippen LogP contribution in [-0.2, 0) is 24.6 Å². The molecule has 0 radical (unpaired) electrons. The van der Waals surface area contributed by atoms with Gasteiger partial charge in [-0.15, -0.1) is 11.3 Å². The lowest BCUT2D eigenvalue weighted by Crippen LogP contribution is -2.43. The predicted molar refractivity (Wildman–Crippen MR) is 89.1 cm³/mol. The molecular weight excluding hydrogens is 360 g/mol. The van der Waals surface area contributed by atoms with Crippen LogP contribution in [-0.4, -0.2) is 60.7 Å². The summed E-state index contributed by atoms with van der Waals surface area (Å²) in [5.74, 6) is 0. The highest BCUT2D eigenvalue weighted by molar-refractivity contribution is 7.94. The lowest BCUT2D eigenvalue weighted by Gasteiger charge is -2.32. The van der Waals surface area contributed by atoms with Crippen molar-refractivity contribution in [2.45, 2.75) is 27.8 Å². The molecule has 7 nitrogen and oxygen atoms in total. The smallest absolute Gasteiger partial charge is 0.252 e. The van der Waals surface area contributed by atoms with Gasteiger partial charge in [0.1, 0.15) is 8.42 Å². The van der Waals surface area contributed by atoms with E-state index in [1.54, 1.807) is 0 Å². The van der Waals surface area contributed by atoms with Crippen LogP contribution in [0.15, 0.2) is 14.5 Å². The monoisotopic (exact) mass is 385 g/mol. The minimum absolute atomic E-state index is 0.0153. The van der Waals surface area contributed by atoms with E-state index in [-0.39, 0.29) is 40.6 Å². The van der Waals surface area contributed by atoms with Crippen LogP contribution in [0.4, 0.5) is 0 Å². The maximum absolute atomic E-state index is 12.8. The van der Waals surface area contributed by atoms with E-state index in [0.717, 1.165) is 17.6 Å². The van der Waals surface area contributed by atoms with E-state index >= 15 is 0 Å². The Bertz CT molecular complexity index is 849. The number of thiophene rings is 1. The number of methoxy groups -OCH3 is 1. The molecule has 1 atom stereocenters. The van der Waals surface area contributed by atoms with Gasteiger partial charge in [-0.3, -0.25) is 0 Å². The van der Waals surface area contributed by atoms with Crippen molar-refractivity contribution in [1.82, 2.24) is 9.62 Å². The molecule has 1 aliphatic heterocycles. The molecule has 1 aromatic heterocycles. The van der Waals surface area contributed by atoms with Gasteiger partial charge in [-0.1, -0.05) is 6.92 Å². The Labute approximate surface area is 145 Å². The molecule has 0 aliphatic carbocycles. The molecule has 0 bridgehead atoms. The van der Waals surface area contributed by atoms with Crippen LogP contribution in [0, 0.1) is 0 Å². The maximum atomic E-state index is 12.8. The Kier molecular flexibility index (Phi) is 4.60. The molecule has 0 fully saturated rings. The van der Waals surface area contributed by atoms with Gasteiger partial charge in [-0.2, -0.15) is 4.31 Å². The van der Waals surface area contributed by atoms with Gasteiger partial charge < -0.3 is 10.1 Å². The van der Waals surface area contributed by atoms with E-state index in [2.05, 4.69) is 10.1 Å². The number of rotatable bonds is 7.